The first-order valence-electron chi connectivity index (χ1n) is 9.41. The highest BCUT2D eigenvalue weighted by atomic mass is 32.1. The van der Waals surface area contributed by atoms with Crippen molar-refractivity contribution in [2.45, 2.75) is 38.6 Å². The van der Waals surface area contributed by atoms with Gasteiger partial charge in [0.15, 0.2) is 11.6 Å². The van der Waals surface area contributed by atoms with Crippen LogP contribution in [-0.2, 0) is 9.59 Å². The van der Waals surface area contributed by atoms with Gasteiger partial charge in [-0.15, -0.1) is 11.3 Å². The van der Waals surface area contributed by atoms with E-state index in [2.05, 4.69) is 16.7 Å². The molecule has 1 aliphatic rings. The summed E-state index contributed by atoms with van der Waals surface area (Å²) in [7, 11) is 0. The summed E-state index contributed by atoms with van der Waals surface area (Å²) in [6.45, 7) is 4.06. The molecular formula is C19H27N4O2S+. The van der Waals surface area contributed by atoms with Gasteiger partial charge in [-0.05, 0) is 31.4 Å². The molecule has 3 N–H and O–H groups in total. The van der Waals surface area contributed by atoms with Crippen LogP contribution in [0.1, 0.15) is 43.7 Å². The Morgan fingerprint density at radius 3 is 2.88 bits per heavy atom. The molecule has 0 bridgehead atoms. The van der Waals surface area contributed by atoms with Crippen LogP contribution in [0.2, 0.25) is 0 Å². The fourth-order valence-corrected chi connectivity index (χ4v) is 4.56. The quantitative estimate of drug-likeness (QED) is 0.677. The van der Waals surface area contributed by atoms with Gasteiger partial charge in [0.25, 0.3) is 5.91 Å². The van der Waals surface area contributed by atoms with Crippen LogP contribution in [0.3, 0.4) is 0 Å². The number of quaternary nitrogens is 1. The first kappa shape index (κ1) is 18.8. The average Bonchev–Trinajstić information content (AvgIpc) is 3.09. The highest BCUT2D eigenvalue weighted by Crippen LogP contribution is 2.28. The monoisotopic (exact) mass is 375 g/mol. The molecule has 0 spiro atoms. The predicted molar refractivity (Wildman–Crippen MR) is 103 cm³/mol. The lowest BCUT2D eigenvalue weighted by molar-refractivity contribution is -0.929. The van der Waals surface area contributed by atoms with Crippen LogP contribution in [-0.4, -0.2) is 43.0 Å². The van der Waals surface area contributed by atoms with Crippen molar-refractivity contribution in [3.8, 4) is 0 Å². The fourth-order valence-electron chi connectivity index (χ4n) is 3.40. The number of carbonyl (C=O) groups excluding carboxylic acids is 2. The summed E-state index contributed by atoms with van der Waals surface area (Å²) >= 11 is 1.73. The maximum absolute atomic E-state index is 12.3. The first-order chi connectivity index (χ1) is 12.7. The normalized spacial score (nSPS) is 20.0. The fraction of sp³-hybridized carbons (Fsp3) is 0.526. The number of likely N-dealkylation sites (tertiary alicyclic amines) is 1. The zero-order chi connectivity index (χ0) is 18.4. The van der Waals surface area contributed by atoms with Gasteiger partial charge in [-0.25, -0.2) is 4.98 Å². The van der Waals surface area contributed by atoms with Crippen molar-refractivity contribution < 1.29 is 14.5 Å². The number of fused-ring (bicyclic) bond motifs is 1. The lowest BCUT2D eigenvalue weighted by Gasteiger charge is -2.30. The number of carbonyl (C=O) groups is 2. The highest BCUT2D eigenvalue weighted by molar-refractivity contribution is 7.18. The van der Waals surface area contributed by atoms with Gasteiger partial charge in [0.2, 0.25) is 5.91 Å². The molecule has 1 aromatic carbocycles. The van der Waals surface area contributed by atoms with Gasteiger partial charge in [0.1, 0.15) is 6.04 Å². The third-order valence-electron chi connectivity index (χ3n) is 4.75. The van der Waals surface area contributed by atoms with Gasteiger partial charge >= 0.3 is 0 Å². The number of nitrogens with one attached hydrogen (secondary N) is 3. The molecule has 2 amide bonds. The van der Waals surface area contributed by atoms with Crippen LogP contribution >= 0.6 is 11.3 Å². The molecule has 0 aliphatic carbocycles. The predicted octanol–water partition coefficient (Wildman–Crippen LogP) is 1.05. The number of hydrogen-bond acceptors (Lipinski definition) is 4. The van der Waals surface area contributed by atoms with E-state index in [9.17, 15) is 9.59 Å². The van der Waals surface area contributed by atoms with Crippen molar-refractivity contribution in [1.29, 1.82) is 0 Å². The molecule has 140 valence electrons. The summed E-state index contributed by atoms with van der Waals surface area (Å²) in [5.41, 5.74) is 1.04. The number of para-hydroxylation sites is 1. The van der Waals surface area contributed by atoms with E-state index in [0.717, 1.165) is 36.3 Å². The van der Waals surface area contributed by atoms with Crippen molar-refractivity contribution in [3.05, 3.63) is 29.3 Å². The Balaban J connectivity index is 1.60. The molecule has 2 aromatic rings. The van der Waals surface area contributed by atoms with Gasteiger partial charge in [-0.1, -0.05) is 19.1 Å². The van der Waals surface area contributed by atoms with E-state index in [1.807, 2.05) is 25.1 Å². The van der Waals surface area contributed by atoms with Crippen LogP contribution in [0.15, 0.2) is 24.3 Å². The minimum absolute atomic E-state index is 0.0535. The number of aromatic nitrogens is 1. The first-order valence-corrected chi connectivity index (χ1v) is 10.2. The smallest absolute Gasteiger partial charge is 0.275 e. The third-order valence-corrected chi connectivity index (χ3v) is 5.90. The van der Waals surface area contributed by atoms with Crippen molar-refractivity contribution in [2.24, 2.45) is 0 Å². The molecule has 1 fully saturated rings. The van der Waals surface area contributed by atoms with Crippen LogP contribution in [0.4, 0.5) is 0 Å². The van der Waals surface area contributed by atoms with E-state index in [-0.39, 0.29) is 24.4 Å². The van der Waals surface area contributed by atoms with Crippen LogP contribution in [0.25, 0.3) is 10.2 Å². The molecule has 2 atom stereocenters. The van der Waals surface area contributed by atoms with E-state index in [1.165, 1.54) is 16.0 Å². The summed E-state index contributed by atoms with van der Waals surface area (Å²) in [4.78, 5) is 30.0. The van der Waals surface area contributed by atoms with Crippen molar-refractivity contribution >= 4 is 33.4 Å². The van der Waals surface area contributed by atoms with Crippen LogP contribution in [0, 0.1) is 0 Å². The zero-order valence-electron chi connectivity index (χ0n) is 15.2. The molecule has 1 unspecified atom stereocenters. The largest absolute Gasteiger partial charge is 0.355 e. The van der Waals surface area contributed by atoms with Gasteiger partial charge in [-0.3, -0.25) is 9.59 Å². The standard InChI is InChI=1S/C19H26N4O2S/c1-2-10-20-17(24)12-21-18(25)13-23-11-6-5-8-15(23)19-22-14-7-3-4-9-16(14)26-19/h3-4,7,9,15H,2,5-6,8,10-13H2,1H3,(H,20,24)(H,21,25)/p+1/t15-/m0/s1. The van der Waals surface area contributed by atoms with Crippen molar-refractivity contribution in [1.82, 2.24) is 15.6 Å². The van der Waals surface area contributed by atoms with Crippen molar-refractivity contribution in [3.63, 3.8) is 0 Å². The van der Waals surface area contributed by atoms with Gasteiger partial charge in [0.05, 0.1) is 23.3 Å². The zero-order valence-corrected chi connectivity index (χ0v) is 16.0. The van der Waals surface area contributed by atoms with E-state index >= 15 is 0 Å². The summed E-state index contributed by atoms with van der Waals surface area (Å²) in [6, 6.07) is 8.45. The minimum Gasteiger partial charge on any atom is -0.355 e. The molecule has 0 saturated carbocycles. The third kappa shape index (κ3) is 4.80. The van der Waals surface area contributed by atoms with E-state index in [4.69, 9.17) is 4.98 Å². The molecule has 1 saturated heterocycles. The Labute approximate surface area is 158 Å². The van der Waals surface area contributed by atoms with Crippen molar-refractivity contribution in [2.75, 3.05) is 26.2 Å². The van der Waals surface area contributed by atoms with E-state index in [1.54, 1.807) is 11.3 Å². The van der Waals surface area contributed by atoms with Gasteiger partial charge in [-0.2, -0.15) is 0 Å². The average molecular weight is 376 g/mol. The van der Waals surface area contributed by atoms with Gasteiger partial charge in [0, 0.05) is 13.0 Å². The number of thiazole rings is 1. The minimum atomic E-state index is -0.128. The maximum atomic E-state index is 12.3. The Hall–Kier alpha value is -1.99. The Kier molecular flexibility index (Phi) is 6.57. The number of piperidine rings is 1. The second kappa shape index (κ2) is 9.09. The number of rotatable bonds is 7. The molecule has 7 heteroatoms. The second-order valence-corrected chi connectivity index (χ2v) is 7.84. The lowest BCUT2D eigenvalue weighted by atomic mass is 10.0. The number of benzene rings is 1. The SMILES string of the molecule is CCCNC(=O)CNC(=O)C[NH+]1CCCC[C@H]1c1nc2ccccc2s1. The molecular weight excluding hydrogens is 348 g/mol. The molecule has 1 aromatic heterocycles. The molecule has 6 nitrogen and oxygen atoms in total. The lowest BCUT2D eigenvalue weighted by Crippen LogP contribution is -3.14. The molecule has 3 rings (SSSR count). The molecule has 2 heterocycles. The Morgan fingerprint density at radius 2 is 2.08 bits per heavy atom. The van der Waals surface area contributed by atoms with Crippen LogP contribution < -0.4 is 15.5 Å². The highest BCUT2D eigenvalue weighted by Gasteiger charge is 2.31. The summed E-state index contributed by atoms with van der Waals surface area (Å²) in [5.74, 6) is -0.198. The summed E-state index contributed by atoms with van der Waals surface area (Å²) in [6.07, 6.45) is 4.24. The van der Waals surface area contributed by atoms with E-state index in [0.29, 0.717) is 13.1 Å². The Bertz CT molecular complexity index is 728. The number of nitrogens with zero attached hydrogens (tertiary/aromatic N) is 1. The van der Waals surface area contributed by atoms with Gasteiger partial charge < -0.3 is 15.5 Å². The summed E-state index contributed by atoms with van der Waals surface area (Å²) < 4.78 is 1.20. The number of amides is 2. The summed E-state index contributed by atoms with van der Waals surface area (Å²) in [5, 5.41) is 6.64. The molecule has 1 aliphatic heterocycles. The Morgan fingerprint density at radius 1 is 1.23 bits per heavy atom. The molecule has 26 heavy (non-hydrogen) atoms. The molecule has 0 radical (unpaired) electrons. The second-order valence-electron chi connectivity index (χ2n) is 6.78. The maximum Gasteiger partial charge on any atom is 0.275 e. The number of hydrogen-bond donors (Lipinski definition) is 3. The topological polar surface area (TPSA) is 75.5 Å². The van der Waals surface area contributed by atoms with Crippen LogP contribution in [0.5, 0.6) is 0 Å². The van der Waals surface area contributed by atoms with E-state index < -0.39 is 0 Å².